The number of benzene rings is 2. The maximum atomic E-state index is 4.31. The second kappa shape index (κ2) is 8.80. The summed E-state index contributed by atoms with van der Waals surface area (Å²) in [7, 11) is 3.65. The van der Waals surface area contributed by atoms with Crippen LogP contribution in [0.2, 0.25) is 0 Å². The molecule has 1 heterocycles. The van der Waals surface area contributed by atoms with Crippen molar-refractivity contribution in [3.8, 4) is 0 Å². The Bertz CT molecular complexity index is 786. The number of nitrogens with one attached hydrogen (secondary N) is 2. The van der Waals surface area contributed by atoms with Crippen LogP contribution in [-0.4, -0.2) is 34.3 Å². The van der Waals surface area contributed by atoms with Crippen LogP contribution in [0.4, 0.5) is 0 Å². The highest BCUT2D eigenvalue weighted by molar-refractivity contribution is 5.79. The Labute approximate surface area is 154 Å². The summed E-state index contributed by atoms with van der Waals surface area (Å²) in [4.78, 5) is 8.53. The van der Waals surface area contributed by atoms with E-state index >= 15 is 0 Å². The van der Waals surface area contributed by atoms with Crippen molar-refractivity contribution < 1.29 is 0 Å². The van der Waals surface area contributed by atoms with Crippen molar-refractivity contribution in [3.05, 3.63) is 83.9 Å². The van der Waals surface area contributed by atoms with Crippen molar-refractivity contribution in [3.63, 3.8) is 0 Å². The van der Waals surface area contributed by atoms with Crippen LogP contribution in [0.25, 0.3) is 0 Å². The molecule has 0 aliphatic heterocycles. The molecule has 134 valence electrons. The molecular weight excluding hydrogens is 324 g/mol. The first-order valence-electron chi connectivity index (χ1n) is 8.65. The smallest absolute Gasteiger partial charge is 0.191 e. The third-order valence-electron chi connectivity index (χ3n) is 4.32. The summed E-state index contributed by atoms with van der Waals surface area (Å²) in [5.74, 6) is 1.84. The Morgan fingerprint density at radius 2 is 1.62 bits per heavy atom. The topological polar surface area (TPSA) is 67.1 Å². The van der Waals surface area contributed by atoms with Gasteiger partial charge in [0.05, 0.1) is 6.54 Å². The third kappa shape index (κ3) is 4.47. The summed E-state index contributed by atoms with van der Waals surface area (Å²) in [6.45, 7) is 1.31. The number of aliphatic imine (C=N–C) groups is 1. The summed E-state index contributed by atoms with van der Waals surface area (Å²) in [5, 5.41) is 10.8. The highest BCUT2D eigenvalue weighted by Crippen LogP contribution is 2.23. The van der Waals surface area contributed by atoms with Gasteiger partial charge in [-0.05, 0) is 11.1 Å². The molecule has 0 aliphatic rings. The lowest BCUT2D eigenvalue weighted by molar-refractivity contribution is 0.666. The van der Waals surface area contributed by atoms with E-state index in [4.69, 9.17) is 0 Å². The predicted octanol–water partition coefficient (Wildman–Crippen LogP) is 2.31. The van der Waals surface area contributed by atoms with E-state index < -0.39 is 0 Å². The van der Waals surface area contributed by atoms with E-state index in [9.17, 15) is 0 Å². The maximum Gasteiger partial charge on any atom is 0.191 e. The van der Waals surface area contributed by atoms with E-state index in [1.54, 1.807) is 18.1 Å². The lowest BCUT2D eigenvalue weighted by Gasteiger charge is -2.20. The van der Waals surface area contributed by atoms with Crippen molar-refractivity contribution in [2.24, 2.45) is 12.0 Å². The van der Waals surface area contributed by atoms with Crippen LogP contribution >= 0.6 is 0 Å². The van der Waals surface area contributed by atoms with Crippen LogP contribution in [-0.2, 0) is 13.6 Å². The maximum absolute atomic E-state index is 4.31. The molecule has 0 radical (unpaired) electrons. The van der Waals surface area contributed by atoms with Gasteiger partial charge in [-0.25, -0.2) is 4.98 Å². The van der Waals surface area contributed by atoms with Crippen molar-refractivity contribution in [1.29, 1.82) is 0 Å². The molecule has 2 N–H and O–H groups in total. The second-order valence-corrected chi connectivity index (χ2v) is 5.98. The van der Waals surface area contributed by atoms with Crippen LogP contribution in [0.3, 0.4) is 0 Å². The van der Waals surface area contributed by atoms with Gasteiger partial charge in [-0.3, -0.25) is 9.67 Å². The minimum Gasteiger partial charge on any atom is -0.355 e. The number of guanidine groups is 1. The summed E-state index contributed by atoms with van der Waals surface area (Å²) < 4.78 is 1.75. The molecule has 3 aromatic rings. The van der Waals surface area contributed by atoms with Gasteiger partial charge < -0.3 is 10.6 Å². The number of aromatic nitrogens is 3. The van der Waals surface area contributed by atoms with Gasteiger partial charge in [0.1, 0.15) is 12.2 Å². The van der Waals surface area contributed by atoms with Crippen molar-refractivity contribution >= 4 is 5.96 Å². The number of rotatable bonds is 6. The number of hydrogen-bond acceptors (Lipinski definition) is 3. The van der Waals surface area contributed by atoms with Crippen LogP contribution in [0.5, 0.6) is 0 Å². The number of aryl methyl sites for hydroxylation is 1. The quantitative estimate of drug-likeness (QED) is 0.530. The summed E-state index contributed by atoms with van der Waals surface area (Å²) in [6.07, 6.45) is 1.55. The molecule has 6 heteroatoms. The second-order valence-electron chi connectivity index (χ2n) is 5.98. The van der Waals surface area contributed by atoms with Gasteiger partial charge in [0.25, 0.3) is 0 Å². The highest BCUT2D eigenvalue weighted by atomic mass is 15.3. The molecule has 0 saturated heterocycles. The Morgan fingerprint density at radius 1 is 1.00 bits per heavy atom. The fourth-order valence-electron chi connectivity index (χ4n) is 2.86. The lowest BCUT2D eigenvalue weighted by Crippen LogP contribution is -2.39. The van der Waals surface area contributed by atoms with E-state index in [1.165, 1.54) is 11.1 Å². The average Bonchev–Trinajstić information content (AvgIpc) is 3.11. The lowest BCUT2D eigenvalue weighted by atomic mass is 9.91. The van der Waals surface area contributed by atoms with Gasteiger partial charge in [0.15, 0.2) is 5.96 Å². The Balaban J connectivity index is 1.68. The third-order valence-corrected chi connectivity index (χ3v) is 4.32. The summed E-state index contributed by atoms with van der Waals surface area (Å²) in [6, 6.07) is 21.0. The van der Waals surface area contributed by atoms with Gasteiger partial charge in [-0.1, -0.05) is 60.7 Å². The molecule has 3 rings (SSSR count). The monoisotopic (exact) mass is 348 g/mol. The molecular formula is C20H24N6. The van der Waals surface area contributed by atoms with E-state index in [0.717, 1.165) is 18.3 Å². The first kappa shape index (κ1) is 17.7. The molecule has 2 aromatic carbocycles. The molecule has 0 saturated carbocycles. The van der Waals surface area contributed by atoms with Crippen molar-refractivity contribution in [2.45, 2.75) is 12.5 Å². The zero-order valence-corrected chi connectivity index (χ0v) is 15.1. The van der Waals surface area contributed by atoms with Gasteiger partial charge >= 0.3 is 0 Å². The van der Waals surface area contributed by atoms with Crippen LogP contribution in [0, 0.1) is 0 Å². The fourth-order valence-corrected chi connectivity index (χ4v) is 2.86. The van der Waals surface area contributed by atoms with Crippen LogP contribution in [0.15, 0.2) is 72.0 Å². The molecule has 0 bridgehead atoms. The normalized spacial score (nSPS) is 11.6. The van der Waals surface area contributed by atoms with Gasteiger partial charge in [0.2, 0.25) is 0 Å². The molecule has 0 atom stereocenters. The van der Waals surface area contributed by atoms with E-state index in [1.807, 2.05) is 19.2 Å². The van der Waals surface area contributed by atoms with Gasteiger partial charge in [-0.2, -0.15) is 5.10 Å². The molecule has 0 aliphatic carbocycles. The SMILES string of the molecule is CN=C(NCc1ncnn1C)NCC(c1ccccc1)c1ccccc1. The molecule has 0 amide bonds. The predicted molar refractivity (Wildman–Crippen MR) is 104 cm³/mol. The molecule has 0 spiro atoms. The summed E-state index contributed by atoms with van der Waals surface area (Å²) >= 11 is 0. The standard InChI is InChI=1S/C20H24N6/c1-21-20(23-14-19-24-15-25-26(19)2)22-13-18(16-9-5-3-6-10-16)17-11-7-4-8-12-17/h3-12,15,18H,13-14H2,1-2H3,(H2,21,22,23). The van der Waals surface area contributed by atoms with E-state index in [0.29, 0.717) is 6.54 Å². The first-order chi connectivity index (χ1) is 12.8. The molecule has 1 aromatic heterocycles. The Morgan fingerprint density at radius 3 is 2.12 bits per heavy atom. The Kier molecular flexibility index (Phi) is 5.98. The van der Waals surface area contributed by atoms with Crippen molar-refractivity contribution in [1.82, 2.24) is 25.4 Å². The van der Waals surface area contributed by atoms with E-state index in [2.05, 4.69) is 74.2 Å². The average molecular weight is 348 g/mol. The fraction of sp³-hybridized carbons (Fsp3) is 0.250. The summed E-state index contributed by atoms with van der Waals surface area (Å²) in [5.41, 5.74) is 2.55. The van der Waals surface area contributed by atoms with Crippen LogP contribution < -0.4 is 10.6 Å². The van der Waals surface area contributed by atoms with Gasteiger partial charge in [-0.15, -0.1) is 0 Å². The zero-order chi connectivity index (χ0) is 18.2. The largest absolute Gasteiger partial charge is 0.355 e. The minimum atomic E-state index is 0.241. The number of hydrogen-bond donors (Lipinski definition) is 2. The minimum absolute atomic E-state index is 0.241. The van der Waals surface area contributed by atoms with E-state index in [-0.39, 0.29) is 5.92 Å². The first-order valence-corrected chi connectivity index (χ1v) is 8.65. The molecule has 26 heavy (non-hydrogen) atoms. The van der Waals surface area contributed by atoms with Crippen LogP contribution in [0.1, 0.15) is 22.9 Å². The molecule has 0 unspecified atom stereocenters. The van der Waals surface area contributed by atoms with Crippen molar-refractivity contribution in [2.75, 3.05) is 13.6 Å². The molecule has 0 fully saturated rings. The molecule has 6 nitrogen and oxygen atoms in total. The Hall–Kier alpha value is -3.15. The number of nitrogens with zero attached hydrogens (tertiary/aromatic N) is 4. The highest BCUT2D eigenvalue weighted by Gasteiger charge is 2.14. The van der Waals surface area contributed by atoms with Gasteiger partial charge in [0, 0.05) is 26.6 Å². The zero-order valence-electron chi connectivity index (χ0n) is 15.1.